The van der Waals surface area contributed by atoms with Crippen molar-refractivity contribution in [1.82, 2.24) is 20.3 Å². The highest BCUT2D eigenvalue weighted by atomic mass is 127. The molecule has 2 heterocycles. The van der Waals surface area contributed by atoms with Crippen LogP contribution in [0.3, 0.4) is 0 Å². The van der Waals surface area contributed by atoms with Crippen molar-refractivity contribution in [3.05, 3.63) is 53.1 Å². The Hall–Kier alpha value is -2.58. The van der Waals surface area contributed by atoms with Gasteiger partial charge in [0.1, 0.15) is 11.4 Å². The molecule has 1 aliphatic rings. The zero-order valence-corrected chi connectivity index (χ0v) is 20.4. The largest absolute Gasteiger partial charge is 0.433 e. The Morgan fingerprint density at radius 1 is 1.06 bits per heavy atom. The molecule has 2 aromatic heterocycles. The maximum absolute atomic E-state index is 13.1. The lowest BCUT2D eigenvalue weighted by molar-refractivity contribution is -0.150. The molecule has 0 saturated heterocycles. The first-order chi connectivity index (χ1) is 16.2. The zero-order valence-electron chi connectivity index (χ0n) is 18.2. The van der Waals surface area contributed by atoms with Crippen molar-refractivity contribution < 1.29 is 31.1 Å². The van der Waals surface area contributed by atoms with Gasteiger partial charge < -0.3 is 15.6 Å². The smallest absolute Gasteiger partial charge is 0.371 e. The molecule has 0 bridgehead atoms. The van der Waals surface area contributed by atoms with Crippen LogP contribution in [0, 0.1) is 6.92 Å². The Labute approximate surface area is 209 Å². The fourth-order valence-corrected chi connectivity index (χ4v) is 5.03. The van der Waals surface area contributed by atoms with E-state index < -0.39 is 27.3 Å². The summed E-state index contributed by atoms with van der Waals surface area (Å²) in [5, 5.41) is 5.81. The predicted octanol–water partition coefficient (Wildman–Crippen LogP) is 6.22. The molecule has 0 spiro atoms. The van der Waals surface area contributed by atoms with E-state index in [9.17, 15) is 31.1 Å². The Kier molecular flexibility index (Phi) is 6.66. The second kappa shape index (κ2) is 9.13. The molecule has 0 unspecified atom stereocenters. The van der Waals surface area contributed by atoms with E-state index in [1.165, 1.54) is 6.33 Å². The second-order valence-electron chi connectivity index (χ2n) is 8.55. The van der Waals surface area contributed by atoms with Gasteiger partial charge in [-0.15, -0.1) is 0 Å². The molecule has 188 valence electrons. The molecule has 3 aromatic rings. The van der Waals surface area contributed by atoms with Crippen LogP contribution >= 0.6 is 22.6 Å². The number of hydrogen-bond acceptors (Lipinski definition) is 4. The SMILES string of the molecule is Cc1cc2[nH]cnc2cc1C(=O)NC1CCC(I)(Nc2cc(C(F)(F)F)nc(C(F)(F)F)c2)CC1. The quantitative estimate of drug-likeness (QED) is 0.142. The van der Waals surface area contributed by atoms with Gasteiger partial charge in [-0.1, -0.05) is 22.6 Å². The number of anilines is 1. The summed E-state index contributed by atoms with van der Waals surface area (Å²) in [6, 6.07) is 4.51. The van der Waals surface area contributed by atoms with E-state index in [0.717, 1.165) is 11.1 Å². The van der Waals surface area contributed by atoms with Crippen LogP contribution in [-0.2, 0) is 12.4 Å². The van der Waals surface area contributed by atoms with Crippen molar-refractivity contribution in [3.8, 4) is 0 Å². The first-order valence-corrected chi connectivity index (χ1v) is 11.7. The number of aryl methyl sites for hydroxylation is 1. The molecule has 3 N–H and O–H groups in total. The summed E-state index contributed by atoms with van der Waals surface area (Å²) in [6.45, 7) is 1.81. The number of carbonyl (C=O) groups is 1. The Bertz CT molecular complexity index is 1220. The highest BCUT2D eigenvalue weighted by molar-refractivity contribution is 14.1. The Balaban J connectivity index is 1.44. The van der Waals surface area contributed by atoms with Gasteiger partial charge in [-0.3, -0.25) is 4.79 Å². The van der Waals surface area contributed by atoms with Crippen LogP contribution in [0.4, 0.5) is 32.0 Å². The van der Waals surface area contributed by atoms with Gasteiger partial charge in [0.25, 0.3) is 5.91 Å². The van der Waals surface area contributed by atoms with Gasteiger partial charge in [0.05, 0.1) is 20.9 Å². The van der Waals surface area contributed by atoms with E-state index in [1.54, 1.807) is 6.07 Å². The maximum Gasteiger partial charge on any atom is 0.433 e. The van der Waals surface area contributed by atoms with Gasteiger partial charge >= 0.3 is 12.4 Å². The molecule has 1 fully saturated rings. The summed E-state index contributed by atoms with van der Waals surface area (Å²) in [5.41, 5.74) is -0.784. The molecule has 35 heavy (non-hydrogen) atoms. The number of hydrogen-bond donors (Lipinski definition) is 3. The van der Waals surface area contributed by atoms with Gasteiger partial charge in [0.15, 0.2) is 0 Å². The molecule has 6 nitrogen and oxygen atoms in total. The van der Waals surface area contributed by atoms with E-state index in [2.05, 4.69) is 25.6 Å². The number of halogens is 7. The van der Waals surface area contributed by atoms with Crippen LogP contribution in [0.25, 0.3) is 11.0 Å². The molecule has 1 saturated carbocycles. The number of alkyl halides is 7. The Morgan fingerprint density at radius 2 is 1.66 bits per heavy atom. The van der Waals surface area contributed by atoms with Crippen molar-refractivity contribution in [2.24, 2.45) is 0 Å². The first-order valence-electron chi connectivity index (χ1n) is 10.6. The van der Waals surface area contributed by atoms with Gasteiger partial charge in [0.2, 0.25) is 0 Å². The average molecular weight is 611 g/mol. The van der Waals surface area contributed by atoms with E-state index in [4.69, 9.17) is 0 Å². The summed E-state index contributed by atoms with van der Waals surface area (Å²) >= 11 is 2.01. The van der Waals surface area contributed by atoms with Crippen molar-refractivity contribution in [2.75, 3.05) is 5.32 Å². The topological polar surface area (TPSA) is 82.7 Å². The number of H-pyrrole nitrogens is 1. The number of aromatic amines is 1. The number of aromatic nitrogens is 3. The normalized spacial score (nSPS) is 21.2. The van der Waals surface area contributed by atoms with Crippen LogP contribution in [0.15, 0.2) is 30.6 Å². The minimum absolute atomic E-state index is 0.185. The maximum atomic E-state index is 13.1. The average Bonchev–Trinajstić information content (AvgIpc) is 3.20. The standard InChI is InChI=1S/C22H20F6IN5O/c1-11-6-15-16(31-10-30-15)9-14(11)19(35)32-12-2-4-20(29,5-3-12)34-13-7-17(21(23,24)25)33-18(8-13)22(26,27)28/h6-10,12H,2-5H2,1H3,(H,30,31)(H,32,35)(H,33,34). The van der Waals surface area contributed by atoms with E-state index in [-0.39, 0.29) is 17.6 Å². The molecule has 13 heteroatoms. The fraction of sp³-hybridized carbons (Fsp3) is 0.409. The number of carbonyl (C=O) groups excluding carboxylic acids is 1. The van der Waals surface area contributed by atoms with Crippen molar-refractivity contribution >= 4 is 45.2 Å². The lowest BCUT2D eigenvalue weighted by Crippen LogP contribution is -2.44. The summed E-state index contributed by atoms with van der Waals surface area (Å²) in [6.07, 6.45) is -6.67. The van der Waals surface area contributed by atoms with Crippen LogP contribution in [-0.4, -0.2) is 30.4 Å². The number of imidazole rings is 1. The van der Waals surface area contributed by atoms with Gasteiger partial charge in [-0.2, -0.15) is 26.3 Å². The lowest BCUT2D eigenvalue weighted by Gasteiger charge is -2.37. The number of nitrogens with zero attached hydrogens (tertiary/aromatic N) is 2. The highest BCUT2D eigenvalue weighted by Crippen LogP contribution is 2.40. The van der Waals surface area contributed by atoms with Gasteiger partial charge in [-0.25, -0.2) is 9.97 Å². The molecule has 0 aliphatic heterocycles. The number of fused-ring (bicyclic) bond motifs is 1. The molecule has 1 aromatic carbocycles. The van der Waals surface area contributed by atoms with Crippen molar-refractivity contribution in [1.29, 1.82) is 0 Å². The molecule has 1 aliphatic carbocycles. The molecule has 4 rings (SSSR count). The first kappa shape index (κ1) is 25.5. The lowest BCUT2D eigenvalue weighted by atomic mass is 9.90. The molecular formula is C22H20F6IN5O. The summed E-state index contributed by atoms with van der Waals surface area (Å²) < 4.78 is 77.9. The van der Waals surface area contributed by atoms with Crippen LogP contribution in [0.1, 0.15) is 53.0 Å². The van der Waals surface area contributed by atoms with Gasteiger partial charge in [0, 0.05) is 17.3 Å². The number of benzene rings is 1. The van der Waals surface area contributed by atoms with Crippen LogP contribution in [0.5, 0.6) is 0 Å². The Morgan fingerprint density at radius 3 is 2.23 bits per heavy atom. The summed E-state index contributed by atoms with van der Waals surface area (Å²) in [4.78, 5) is 22.7. The number of amides is 1. The third kappa shape index (κ3) is 5.81. The zero-order chi connectivity index (χ0) is 25.6. The van der Waals surface area contributed by atoms with E-state index in [0.29, 0.717) is 48.9 Å². The number of rotatable bonds is 4. The fourth-order valence-electron chi connectivity index (χ4n) is 4.09. The summed E-state index contributed by atoms with van der Waals surface area (Å²) in [7, 11) is 0. The minimum Gasteiger partial charge on any atom is -0.371 e. The van der Waals surface area contributed by atoms with E-state index in [1.807, 2.05) is 35.6 Å². The highest BCUT2D eigenvalue weighted by Gasteiger charge is 2.40. The molecular weight excluding hydrogens is 591 g/mol. The third-order valence-corrected chi connectivity index (χ3v) is 7.25. The predicted molar refractivity (Wildman–Crippen MR) is 125 cm³/mol. The van der Waals surface area contributed by atoms with Crippen molar-refractivity contribution in [2.45, 2.75) is 54.5 Å². The van der Waals surface area contributed by atoms with Crippen molar-refractivity contribution in [3.63, 3.8) is 0 Å². The summed E-state index contributed by atoms with van der Waals surface area (Å²) in [5.74, 6) is -0.259. The number of pyridine rings is 1. The minimum atomic E-state index is -5.02. The molecule has 0 atom stereocenters. The monoisotopic (exact) mass is 611 g/mol. The molecule has 1 amide bonds. The molecule has 0 radical (unpaired) electrons. The van der Waals surface area contributed by atoms with E-state index >= 15 is 0 Å². The third-order valence-electron chi connectivity index (χ3n) is 5.90. The van der Waals surface area contributed by atoms with Crippen LogP contribution in [0.2, 0.25) is 0 Å². The second-order valence-corrected chi connectivity index (χ2v) is 10.6. The number of nitrogens with one attached hydrogen (secondary N) is 3. The van der Waals surface area contributed by atoms with Crippen LogP contribution < -0.4 is 10.6 Å². The van der Waals surface area contributed by atoms with Gasteiger partial charge in [-0.05, 0) is 62.4 Å².